The number of ether oxygens (including phenoxy) is 1. The molecule has 2 aromatic rings. The van der Waals surface area contributed by atoms with Crippen LogP contribution in [0.3, 0.4) is 0 Å². The van der Waals surface area contributed by atoms with Gasteiger partial charge in [-0.15, -0.1) is 0 Å². The molecule has 1 fully saturated rings. The second-order valence-corrected chi connectivity index (χ2v) is 11.1. The lowest BCUT2D eigenvalue weighted by Gasteiger charge is -2.14. The normalized spacial score (nSPS) is 19.6. The largest absolute Gasteiger partial charge is 0.446 e. The number of anilines is 2. The fraction of sp³-hybridized carbons (Fsp3) is 0.526. The molecule has 28 heavy (non-hydrogen) atoms. The molecule has 152 valence electrons. The number of aromatic amines is 1. The van der Waals surface area contributed by atoms with Gasteiger partial charge in [0.2, 0.25) is 0 Å². The summed E-state index contributed by atoms with van der Waals surface area (Å²) in [4.78, 5) is 16.1. The maximum atomic E-state index is 12.1. The predicted molar refractivity (Wildman–Crippen MR) is 110 cm³/mol. The zero-order valence-corrected chi connectivity index (χ0v) is 17.6. The summed E-state index contributed by atoms with van der Waals surface area (Å²) in [5.41, 5.74) is 1.01. The molecule has 1 amide bonds. The van der Waals surface area contributed by atoms with Crippen molar-refractivity contribution in [2.75, 3.05) is 18.6 Å². The number of hydrogen-bond acceptors (Lipinski definition) is 6. The van der Waals surface area contributed by atoms with E-state index < -0.39 is 7.14 Å². The van der Waals surface area contributed by atoms with Gasteiger partial charge in [0.1, 0.15) is 19.1 Å². The van der Waals surface area contributed by atoms with Gasteiger partial charge in [-0.25, -0.2) is 9.78 Å². The minimum Gasteiger partial charge on any atom is -0.446 e. The molecule has 0 aliphatic heterocycles. The Morgan fingerprint density at radius 3 is 2.71 bits per heavy atom. The van der Waals surface area contributed by atoms with Crippen molar-refractivity contribution >= 4 is 30.2 Å². The molecule has 3 rings (SSSR count). The van der Waals surface area contributed by atoms with E-state index in [1.165, 1.54) is 0 Å². The van der Waals surface area contributed by atoms with E-state index in [9.17, 15) is 9.36 Å². The van der Waals surface area contributed by atoms with Crippen molar-refractivity contribution in [2.45, 2.75) is 51.2 Å². The van der Waals surface area contributed by atoms with Gasteiger partial charge in [-0.1, -0.05) is 0 Å². The van der Waals surface area contributed by atoms with Crippen LogP contribution in [0.15, 0.2) is 24.4 Å². The third-order valence-electron chi connectivity index (χ3n) is 4.73. The van der Waals surface area contributed by atoms with Crippen molar-refractivity contribution in [3.8, 4) is 0 Å². The van der Waals surface area contributed by atoms with Crippen LogP contribution in [0.2, 0.25) is 0 Å². The molecule has 2 aromatic heterocycles. The first-order valence-electron chi connectivity index (χ1n) is 9.52. The highest BCUT2D eigenvalue weighted by Gasteiger charge is 2.30. The van der Waals surface area contributed by atoms with Crippen LogP contribution < -0.4 is 15.9 Å². The van der Waals surface area contributed by atoms with Gasteiger partial charge in [-0.05, 0) is 58.6 Å². The van der Waals surface area contributed by atoms with Crippen LogP contribution in [-0.2, 0) is 9.30 Å². The molecule has 1 aliphatic carbocycles. The van der Waals surface area contributed by atoms with E-state index in [0.29, 0.717) is 11.6 Å². The van der Waals surface area contributed by atoms with E-state index in [2.05, 4.69) is 25.8 Å². The summed E-state index contributed by atoms with van der Waals surface area (Å²) in [6.45, 7) is 7.26. The second-order valence-electron chi connectivity index (χ2n) is 7.92. The number of rotatable bonds is 6. The number of alkyl carbamates (subject to hydrolysis) is 1. The van der Waals surface area contributed by atoms with Crippen LogP contribution in [-0.4, -0.2) is 46.8 Å². The summed E-state index contributed by atoms with van der Waals surface area (Å²) in [6, 6.07) is 5.65. The van der Waals surface area contributed by atoms with Crippen molar-refractivity contribution in [3.05, 3.63) is 30.1 Å². The highest BCUT2D eigenvalue weighted by Crippen LogP contribution is 2.36. The Hall–Kier alpha value is -2.34. The van der Waals surface area contributed by atoms with Gasteiger partial charge in [0.05, 0.1) is 0 Å². The molecule has 0 saturated heterocycles. The topological polar surface area (TPSA) is 109 Å². The van der Waals surface area contributed by atoms with Gasteiger partial charge in [0, 0.05) is 35.2 Å². The van der Waals surface area contributed by atoms with E-state index in [1.807, 2.05) is 26.0 Å². The summed E-state index contributed by atoms with van der Waals surface area (Å²) < 4.78 is 17.6. The number of amides is 1. The van der Waals surface area contributed by atoms with Gasteiger partial charge in [-0.3, -0.25) is 5.10 Å². The Balaban J connectivity index is 1.56. The van der Waals surface area contributed by atoms with E-state index in [-0.39, 0.29) is 24.2 Å². The third kappa shape index (κ3) is 5.35. The number of nitrogens with one attached hydrogen (secondary N) is 3. The van der Waals surface area contributed by atoms with E-state index >= 15 is 0 Å². The molecule has 2 heterocycles. The summed E-state index contributed by atoms with van der Waals surface area (Å²) in [7, 11) is -2.31. The number of carbonyl (C=O) groups is 1. The lowest BCUT2D eigenvalue weighted by atomic mass is 10.0. The molecule has 0 radical (unpaired) electrons. The zero-order chi connectivity index (χ0) is 20.3. The van der Waals surface area contributed by atoms with Crippen LogP contribution in [0, 0.1) is 0 Å². The molecule has 1 aliphatic rings. The highest BCUT2D eigenvalue weighted by atomic mass is 31.2. The molecular formula is C19H28N5O3P. The van der Waals surface area contributed by atoms with Crippen molar-refractivity contribution in [1.82, 2.24) is 20.5 Å². The molecule has 0 bridgehead atoms. The summed E-state index contributed by atoms with van der Waals surface area (Å²) in [5, 5.41) is 14.0. The Morgan fingerprint density at radius 2 is 2.07 bits per heavy atom. The van der Waals surface area contributed by atoms with E-state index in [0.717, 1.165) is 30.3 Å². The predicted octanol–water partition coefficient (Wildman–Crippen LogP) is 3.57. The first-order valence-corrected chi connectivity index (χ1v) is 12.1. The highest BCUT2D eigenvalue weighted by molar-refractivity contribution is 7.70. The number of H-pyrrole nitrogens is 1. The SMILES string of the molecule is CC(C)NC(=O)OC1CCC(c2cc(Nc3ccc(P(C)(C)=O)cn3)n[nH]2)C1. The monoisotopic (exact) mass is 405 g/mol. The number of aromatic nitrogens is 3. The summed E-state index contributed by atoms with van der Waals surface area (Å²) >= 11 is 0. The average Bonchev–Trinajstić information content (AvgIpc) is 3.23. The maximum absolute atomic E-state index is 12.1. The molecule has 9 heteroatoms. The minimum atomic E-state index is -2.31. The van der Waals surface area contributed by atoms with Gasteiger partial charge in [0.25, 0.3) is 0 Å². The van der Waals surface area contributed by atoms with Crippen molar-refractivity contribution < 1.29 is 14.1 Å². The Bertz CT molecular complexity index is 859. The minimum absolute atomic E-state index is 0.0650. The van der Waals surface area contributed by atoms with Crippen LogP contribution >= 0.6 is 7.14 Å². The molecule has 8 nitrogen and oxygen atoms in total. The Morgan fingerprint density at radius 1 is 1.29 bits per heavy atom. The summed E-state index contributed by atoms with van der Waals surface area (Å²) in [6.07, 6.45) is 3.77. The number of carbonyl (C=O) groups excluding carboxylic acids is 1. The lowest BCUT2D eigenvalue weighted by molar-refractivity contribution is 0.0981. The molecule has 2 atom stereocenters. The fourth-order valence-corrected chi connectivity index (χ4v) is 4.04. The van der Waals surface area contributed by atoms with Crippen LogP contribution in [0.4, 0.5) is 16.4 Å². The average molecular weight is 405 g/mol. The number of hydrogen-bond donors (Lipinski definition) is 3. The van der Waals surface area contributed by atoms with Crippen molar-refractivity contribution in [2.24, 2.45) is 0 Å². The van der Waals surface area contributed by atoms with Crippen molar-refractivity contribution in [3.63, 3.8) is 0 Å². The molecule has 0 aromatic carbocycles. The standard InChI is InChI=1S/C19H28N5O3P/c1-12(2)21-19(25)27-14-6-5-13(9-14)16-10-18(24-23-16)22-17-8-7-15(11-20-17)28(3,4)26/h7-8,10-14H,5-6,9H2,1-4H3,(H,21,25)(H2,20,22,23,24). The molecular weight excluding hydrogens is 377 g/mol. The maximum Gasteiger partial charge on any atom is 0.407 e. The second kappa shape index (κ2) is 8.35. The molecule has 2 unspecified atom stereocenters. The third-order valence-corrected chi connectivity index (χ3v) is 6.24. The quantitative estimate of drug-likeness (QED) is 0.634. The van der Waals surface area contributed by atoms with Gasteiger partial charge < -0.3 is 19.9 Å². The molecule has 3 N–H and O–H groups in total. The molecule has 0 spiro atoms. The molecule has 1 saturated carbocycles. The first-order chi connectivity index (χ1) is 13.2. The fourth-order valence-electron chi connectivity index (χ4n) is 3.27. The number of pyridine rings is 1. The first kappa shape index (κ1) is 20.4. The number of nitrogens with zero attached hydrogens (tertiary/aromatic N) is 2. The smallest absolute Gasteiger partial charge is 0.407 e. The lowest BCUT2D eigenvalue weighted by Crippen LogP contribution is -2.33. The Kier molecular flexibility index (Phi) is 6.08. The van der Waals surface area contributed by atoms with E-state index in [4.69, 9.17) is 4.74 Å². The summed E-state index contributed by atoms with van der Waals surface area (Å²) in [5.74, 6) is 1.60. The van der Waals surface area contributed by atoms with Gasteiger partial charge in [-0.2, -0.15) is 5.10 Å². The van der Waals surface area contributed by atoms with Gasteiger partial charge >= 0.3 is 6.09 Å². The zero-order valence-electron chi connectivity index (χ0n) is 16.7. The van der Waals surface area contributed by atoms with Crippen LogP contribution in [0.5, 0.6) is 0 Å². The Labute approximate surface area is 165 Å². The van der Waals surface area contributed by atoms with Crippen LogP contribution in [0.1, 0.15) is 44.7 Å². The van der Waals surface area contributed by atoms with Crippen molar-refractivity contribution in [1.29, 1.82) is 0 Å². The van der Waals surface area contributed by atoms with E-state index in [1.54, 1.807) is 25.6 Å². The van der Waals surface area contributed by atoms with Crippen LogP contribution in [0.25, 0.3) is 0 Å². The van der Waals surface area contributed by atoms with Gasteiger partial charge in [0.15, 0.2) is 5.82 Å².